The molecule has 0 N–H and O–H groups in total. The lowest BCUT2D eigenvalue weighted by molar-refractivity contribution is -0.110. The van der Waals surface area contributed by atoms with Gasteiger partial charge in [0.05, 0.1) is 5.56 Å². The summed E-state index contributed by atoms with van der Waals surface area (Å²) in [6.07, 6.45) is 1.36. The molecule has 3 nitrogen and oxygen atoms in total. The van der Waals surface area contributed by atoms with E-state index in [1.807, 2.05) is 6.07 Å². The maximum absolute atomic E-state index is 12.8. The zero-order chi connectivity index (χ0) is 15.2. The summed E-state index contributed by atoms with van der Waals surface area (Å²) in [5, 5.41) is -0.894. The smallest absolute Gasteiger partial charge is 0.343 e. The third kappa shape index (κ3) is 4.26. The van der Waals surface area contributed by atoms with Gasteiger partial charge in [-0.3, -0.25) is 4.79 Å². The number of carbonyl (C=O) groups is 2. The molecule has 0 saturated carbocycles. The van der Waals surface area contributed by atoms with Crippen molar-refractivity contribution in [1.29, 1.82) is 0 Å². The Bertz CT molecular complexity index is 678. The van der Waals surface area contributed by atoms with Gasteiger partial charge in [-0.2, -0.15) is 0 Å². The van der Waals surface area contributed by atoms with Crippen LogP contribution in [0.4, 0.5) is 4.39 Å². The summed E-state index contributed by atoms with van der Waals surface area (Å²) in [4.78, 5) is 23.2. The molecule has 0 bridgehead atoms. The van der Waals surface area contributed by atoms with Crippen molar-refractivity contribution in [2.75, 3.05) is 0 Å². The van der Waals surface area contributed by atoms with E-state index < -0.39 is 17.0 Å². The van der Waals surface area contributed by atoms with Gasteiger partial charge >= 0.3 is 5.97 Å². The molecule has 2 aromatic carbocycles. The fourth-order valence-electron chi connectivity index (χ4n) is 1.57. The van der Waals surface area contributed by atoms with Crippen molar-refractivity contribution in [3.63, 3.8) is 0 Å². The molecule has 0 heterocycles. The summed E-state index contributed by atoms with van der Waals surface area (Å²) in [7, 11) is 0. The minimum absolute atomic E-state index is 0.119. The van der Waals surface area contributed by atoms with Crippen LogP contribution in [0.3, 0.4) is 0 Å². The molecule has 0 spiro atoms. The van der Waals surface area contributed by atoms with E-state index in [0.717, 1.165) is 12.1 Å². The van der Waals surface area contributed by atoms with Gasteiger partial charge in [0, 0.05) is 0 Å². The van der Waals surface area contributed by atoms with E-state index in [4.69, 9.17) is 16.3 Å². The molecular formula is C16H10ClFO3. The van der Waals surface area contributed by atoms with Crippen molar-refractivity contribution in [2.24, 2.45) is 0 Å². The summed E-state index contributed by atoms with van der Waals surface area (Å²) in [6.45, 7) is 0. The molecule has 0 atom stereocenters. The van der Waals surface area contributed by atoms with Gasteiger partial charge in [-0.25, -0.2) is 9.18 Å². The maximum Gasteiger partial charge on any atom is 0.343 e. The van der Waals surface area contributed by atoms with Gasteiger partial charge in [0.15, 0.2) is 5.76 Å². The molecule has 0 fully saturated rings. The average Bonchev–Trinajstić information content (AvgIpc) is 2.48. The highest BCUT2D eigenvalue weighted by Crippen LogP contribution is 2.14. The zero-order valence-electron chi connectivity index (χ0n) is 10.8. The Labute approximate surface area is 125 Å². The lowest BCUT2D eigenvalue weighted by Gasteiger charge is -2.05. The van der Waals surface area contributed by atoms with Gasteiger partial charge in [-0.05, 0) is 47.5 Å². The maximum atomic E-state index is 12.8. The van der Waals surface area contributed by atoms with Crippen LogP contribution < -0.4 is 0 Å². The van der Waals surface area contributed by atoms with Crippen LogP contribution in [0.25, 0.3) is 6.08 Å². The summed E-state index contributed by atoms with van der Waals surface area (Å²) in [6, 6.07) is 13.6. The van der Waals surface area contributed by atoms with Crippen LogP contribution in [-0.4, -0.2) is 11.2 Å². The Morgan fingerprint density at radius 3 is 2.19 bits per heavy atom. The molecule has 0 aromatic heterocycles. The molecule has 0 aliphatic rings. The summed E-state index contributed by atoms with van der Waals surface area (Å²) < 4.78 is 17.7. The molecule has 0 aliphatic carbocycles. The number of benzene rings is 2. The van der Waals surface area contributed by atoms with Crippen molar-refractivity contribution in [2.45, 2.75) is 0 Å². The third-order valence-electron chi connectivity index (χ3n) is 2.57. The predicted octanol–water partition coefficient (Wildman–Crippen LogP) is 3.79. The highest BCUT2D eigenvalue weighted by atomic mass is 35.5. The van der Waals surface area contributed by atoms with Crippen LogP contribution in [0.15, 0.2) is 60.4 Å². The largest absolute Gasteiger partial charge is 0.418 e. The molecule has 5 heteroatoms. The van der Waals surface area contributed by atoms with Crippen LogP contribution in [0.5, 0.6) is 0 Å². The number of ether oxygens (including phenoxy) is 1. The second kappa shape index (κ2) is 6.81. The average molecular weight is 305 g/mol. The standard InChI is InChI=1S/C16H10ClFO3/c17-15(19)14(10-11-4-2-1-3-5-11)21-16(20)12-6-8-13(18)9-7-12/h1-10H. The molecular weight excluding hydrogens is 295 g/mol. The third-order valence-corrected chi connectivity index (χ3v) is 2.76. The normalized spacial score (nSPS) is 11.0. The summed E-state index contributed by atoms with van der Waals surface area (Å²) in [5.74, 6) is -1.55. The van der Waals surface area contributed by atoms with E-state index in [9.17, 15) is 14.0 Å². The lowest BCUT2D eigenvalue weighted by Crippen LogP contribution is -2.08. The fourth-order valence-corrected chi connectivity index (χ4v) is 1.66. The van der Waals surface area contributed by atoms with Gasteiger partial charge in [0.25, 0.3) is 5.24 Å². The topological polar surface area (TPSA) is 43.4 Å². The van der Waals surface area contributed by atoms with Crippen LogP contribution in [-0.2, 0) is 9.53 Å². The quantitative estimate of drug-likeness (QED) is 0.373. The van der Waals surface area contributed by atoms with Crippen molar-refractivity contribution in [1.82, 2.24) is 0 Å². The molecule has 2 aromatic rings. The van der Waals surface area contributed by atoms with Crippen molar-refractivity contribution in [3.8, 4) is 0 Å². The number of allylic oxidation sites excluding steroid dienone is 1. The Balaban J connectivity index is 2.21. The number of esters is 1. The lowest BCUT2D eigenvalue weighted by atomic mass is 10.2. The van der Waals surface area contributed by atoms with Crippen LogP contribution >= 0.6 is 11.6 Å². The Morgan fingerprint density at radius 2 is 1.62 bits per heavy atom. The number of hydrogen-bond donors (Lipinski definition) is 0. The molecule has 0 unspecified atom stereocenters. The van der Waals surface area contributed by atoms with Gasteiger partial charge in [0.1, 0.15) is 5.82 Å². The number of hydrogen-bond acceptors (Lipinski definition) is 3. The van der Waals surface area contributed by atoms with E-state index in [0.29, 0.717) is 5.56 Å². The van der Waals surface area contributed by atoms with Gasteiger partial charge in [0.2, 0.25) is 0 Å². The van der Waals surface area contributed by atoms with E-state index >= 15 is 0 Å². The summed E-state index contributed by atoms with van der Waals surface area (Å²) in [5.41, 5.74) is 0.779. The van der Waals surface area contributed by atoms with Crippen LogP contribution in [0.2, 0.25) is 0 Å². The van der Waals surface area contributed by atoms with E-state index in [2.05, 4.69) is 0 Å². The second-order valence-corrected chi connectivity index (χ2v) is 4.43. The number of rotatable bonds is 4. The Kier molecular flexibility index (Phi) is 4.85. The molecule has 0 saturated heterocycles. The van der Waals surface area contributed by atoms with Crippen LogP contribution in [0.1, 0.15) is 15.9 Å². The molecule has 21 heavy (non-hydrogen) atoms. The fraction of sp³-hybridized carbons (Fsp3) is 0. The minimum Gasteiger partial charge on any atom is -0.418 e. The Morgan fingerprint density at radius 1 is 1.00 bits per heavy atom. The monoisotopic (exact) mass is 304 g/mol. The highest BCUT2D eigenvalue weighted by molar-refractivity contribution is 6.67. The zero-order valence-corrected chi connectivity index (χ0v) is 11.5. The van der Waals surface area contributed by atoms with Gasteiger partial charge < -0.3 is 4.74 Å². The van der Waals surface area contributed by atoms with E-state index in [1.54, 1.807) is 24.3 Å². The predicted molar refractivity (Wildman–Crippen MR) is 77.1 cm³/mol. The highest BCUT2D eigenvalue weighted by Gasteiger charge is 2.15. The van der Waals surface area contributed by atoms with E-state index in [-0.39, 0.29) is 11.3 Å². The molecule has 106 valence electrons. The number of halogens is 2. The first-order valence-electron chi connectivity index (χ1n) is 6.00. The second-order valence-electron chi connectivity index (χ2n) is 4.09. The first-order valence-corrected chi connectivity index (χ1v) is 6.38. The SMILES string of the molecule is O=C(Cl)C(=Cc1ccccc1)OC(=O)c1ccc(F)cc1. The Hall–Kier alpha value is -2.46. The van der Waals surface area contributed by atoms with Crippen molar-refractivity contribution in [3.05, 3.63) is 77.3 Å². The molecule has 0 amide bonds. The van der Waals surface area contributed by atoms with Crippen molar-refractivity contribution < 1.29 is 18.7 Å². The van der Waals surface area contributed by atoms with Gasteiger partial charge in [-0.1, -0.05) is 30.3 Å². The number of carbonyl (C=O) groups excluding carboxylic acids is 2. The van der Waals surface area contributed by atoms with Crippen molar-refractivity contribution >= 4 is 28.9 Å². The first-order chi connectivity index (χ1) is 10.1. The first kappa shape index (κ1) is 14.9. The van der Waals surface area contributed by atoms with E-state index in [1.165, 1.54) is 18.2 Å². The summed E-state index contributed by atoms with van der Waals surface area (Å²) >= 11 is 5.41. The van der Waals surface area contributed by atoms with Gasteiger partial charge in [-0.15, -0.1) is 0 Å². The molecule has 0 radical (unpaired) electrons. The minimum atomic E-state index is -0.894. The van der Waals surface area contributed by atoms with Crippen LogP contribution in [0, 0.1) is 5.82 Å². The molecule has 2 rings (SSSR count). The molecule has 0 aliphatic heterocycles.